The van der Waals surface area contributed by atoms with Gasteiger partial charge in [-0.25, -0.2) is 0 Å². The first kappa shape index (κ1) is 18.6. The van der Waals surface area contributed by atoms with Crippen LogP contribution in [0.25, 0.3) is 0 Å². The predicted octanol–water partition coefficient (Wildman–Crippen LogP) is 2.15. The maximum absolute atomic E-state index is 13.0. The Kier molecular flexibility index (Phi) is 5.62. The topological polar surface area (TPSA) is 75.0 Å². The lowest BCUT2D eigenvalue weighted by atomic mass is 10.0. The molecule has 0 spiro atoms. The van der Waals surface area contributed by atoms with Crippen molar-refractivity contribution in [2.75, 3.05) is 44.3 Å². The minimum absolute atomic E-state index is 0.0622. The summed E-state index contributed by atoms with van der Waals surface area (Å²) in [6, 6.07) is 11.3. The highest BCUT2D eigenvalue weighted by Gasteiger charge is 2.26. The van der Waals surface area contributed by atoms with Gasteiger partial charge in [0.1, 0.15) is 0 Å². The Morgan fingerprint density at radius 3 is 2.43 bits per heavy atom. The van der Waals surface area contributed by atoms with Crippen LogP contribution in [0.4, 0.5) is 5.69 Å². The Balaban J connectivity index is 1.39. The van der Waals surface area contributed by atoms with Crippen molar-refractivity contribution in [3.8, 4) is 0 Å². The standard InChI is InChI=1S/C21H25N3O4/c25-20(19-6-3-13-28-19)22-16-7-9-23(10-8-16)18-5-2-1-4-17(18)21(26)24-11-14-27-15-12-24/h1-6,13,16H,7-12,14-15H2,(H,22,25). The highest BCUT2D eigenvalue weighted by Crippen LogP contribution is 2.26. The third kappa shape index (κ3) is 4.04. The third-order valence-corrected chi connectivity index (χ3v) is 5.35. The van der Waals surface area contributed by atoms with Gasteiger partial charge >= 0.3 is 0 Å². The lowest BCUT2D eigenvalue weighted by Crippen LogP contribution is -2.45. The van der Waals surface area contributed by atoms with Crippen molar-refractivity contribution in [1.29, 1.82) is 0 Å². The van der Waals surface area contributed by atoms with E-state index in [1.165, 1.54) is 6.26 Å². The number of furan rings is 1. The Morgan fingerprint density at radius 1 is 0.964 bits per heavy atom. The van der Waals surface area contributed by atoms with Crippen molar-refractivity contribution in [1.82, 2.24) is 10.2 Å². The van der Waals surface area contributed by atoms with E-state index in [2.05, 4.69) is 10.2 Å². The predicted molar refractivity (Wildman–Crippen MR) is 105 cm³/mol. The van der Waals surface area contributed by atoms with Crippen LogP contribution >= 0.6 is 0 Å². The molecule has 0 unspecified atom stereocenters. The maximum Gasteiger partial charge on any atom is 0.287 e. The number of hydrogen-bond acceptors (Lipinski definition) is 5. The highest BCUT2D eigenvalue weighted by molar-refractivity contribution is 6.00. The van der Waals surface area contributed by atoms with Crippen molar-refractivity contribution in [3.05, 3.63) is 54.0 Å². The van der Waals surface area contributed by atoms with Gasteiger partial charge in [0, 0.05) is 37.9 Å². The second-order valence-electron chi connectivity index (χ2n) is 7.13. The number of para-hydroxylation sites is 1. The van der Waals surface area contributed by atoms with Gasteiger partial charge in [-0.05, 0) is 37.1 Å². The number of morpholine rings is 1. The summed E-state index contributed by atoms with van der Waals surface area (Å²) >= 11 is 0. The van der Waals surface area contributed by atoms with Crippen LogP contribution in [0.1, 0.15) is 33.8 Å². The zero-order chi connectivity index (χ0) is 19.3. The largest absolute Gasteiger partial charge is 0.459 e. The van der Waals surface area contributed by atoms with Crippen LogP contribution in [0.15, 0.2) is 47.1 Å². The summed E-state index contributed by atoms with van der Waals surface area (Å²) < 4.78 is 10.5. The first-order valence-electron chi connectivity index (χ1n) is 9.78. The number of carbonyl (C=O) groups is 2. The number of amides is 2. The Bertz CT molecular complexity index is 807. The van der Waals surface area contributed by atoms with Gasteiger partial charge in [0.15, 0.2) is 5.76 Å². The van der Waals surface area contributed by atoms with Gasteiger partial charge in [-0.3, -0.25) is 9.59 Å². The molecule has 2 aliphatic heterocycles. The number of rotatable bonds is 4. The van der Waals surface area contributed by atoms with E-state index in [9.17, 15) is 9.59 Å². The molecule has 1 aromatic heterocycles. The average Bonchev–Trinajstić information content (AvgIpc) is 3.30. The van der Waals surface area contributed by atoms with E-state index < -0.39 is 0 Å². The maximum atomic E-state index is 13.0. The molecule has 2 fully saturated rings. The van der Waals surface area contributed by atoms with Crippen LogP contribution in [0.2, 0.25) is 0 Å². The average molecular weight is 383 g/mol. The normalized spacial score (nSPS) is 18.1. The summed E-state index contributed by atoms with van der Waals surface area (Å²) in [5.41, 5.74) is 1.71. The van der Waals surface area contributed by atoms with Crippen molar-refractivity contribution < 1.29 is 18.7 Å². The van der Waals surface area contributed by atoms with Crippen molar-refractivity contribution >= 4 is 17.5 Å². The van der Waals surface area contributed by atoms with Gasteiger partial charge < -0.3 is 24.3 Å². The molecule has 7 heteroatoms. The van der Waals surface area contributed by atoms with E-state index in [0.717, 1.165) is 37.2 Å². The van der Waals surface area contributed by atoms with Crippen LogP contribution in [-0.2, 0) is 4.74 Å². The molecule has 0 aliphatic carbocycles. The summed E-state index contributed by atoms with van der Waals surface area (Å²) in [6.07, 6.45) is 3.15. The lowest BCUT2D eigenvalue weighted by molar-refractivity contribution is 0.0303. The fourth-order valence-electron chi connectivity index (χ4n) is 3.80. The van der Waals surface area contributed by atoms with Gasteiger partial charge in [0.05, 0.1) is 25.0 Å². The molecule has 148 valence electrons. The van der Waals surface area contributed by atoms with Gasteiger partial charge in [0.2, 0.25) is 0 Å². The van der Waals surface area contributed by atoms with E-state index in [-0.39, 0.29) is 17.9 Å². The fourth-order valence-corrected chi connectivity index (χ4v) is 3.80. The molecule has 28 heavy (non-hydrogen) atoms. The van der Waals surface area contributed by atoms with Gasteiger partial charge in [-0.2, -0.15) is 0 Å². The quantitative estimate of drug-likeness (QED) is 0.876. The summed E-state index contributed by atoms with van der Waals surface area (Å²) in [5.74, 6) is 0.224. The summed E-state index contributed by atoms with van der Waals surface area (Å²) in [5, 5.41) is 3.03. The Hall–Kier alpha value is -2.80. The monoisotopic (exact) mass is 383 g/mol. The molecule has 1 N–H and O–H groups in total. The van der Waals surface area contributed by atoms with E-state index in [1.54, 1.807) is 12.1 Å². The summed E-state index contributed by atoms with van der Waals surface area (Å²) in [6.45, 7) is 4.03. The Morgan fingerprint density at radius 2 is 1.71 bits per heavy atom. The molecule has 0 atom stereocenters. The molecule has 3 heterocycles. The minimum atomic E-state index is -0.175. The zero-order valence-electron chi connectivity index (χ0n) is 15.8. The fraction of sp³-hybridized carbons (Fsp3) is 0.429. The lowest BCUT2D eigenvalue weighted by Gasteiger charge is -2.35. The number of piperidine rings is 1. The number of nitrogens with one attached hydrogen (secondary N) is 1. The van der Waals surface area contributed by atoms with Crippen molar-refractivity contribution in [2.24, 2.45) is 0 Å². The number of benzene rings is 1. The van der Waals surface area contributed by atoms with Crippen LogP contribution in [0.5, 0.6) is 0 Å². The number of nitrogens with zero attached hydrogens (tertiary/aromatic N) is 2. The van der Waals surface area contributed by atoms with Crippen molar-refractivity contribution in [3.63, 3.8) is 0 Å². The third-order valence-electron chi connectivity index (χ3n) is 5.35. The molecule has 2 amide bonds. The molecular formula is C21H25N3O4. The molecular weight excluding hydrogens is 358 g/mol. The molecule has 2 aliphatic rings. The van der Waals surface area contributed by atoms with E-state index in [1.807, 2.05) is 29.2 Å². The summed E-state index contributed by atoms with van der Waals surface area (Å²) in [7, 11) is 0. The second kappa shape index (κ2) is 8.48. The summed E-state index contributed by atoms with van der Waals surface area (Å²) in [4.78, 5) is 29.2. The molecule has 1 aromatic carbocycles. The van der Waals surface area contributed by atoms with Crippen LogP contribution < -0.4 is 10.2 Å². The first-order valence-corrected chi connectivity index (χ1v) is 9.78. The van der Waals surface area contributed by atoms with Crippen molar-refractivity contribution in [2.45, 2.75) is 18.9 Å². The molecule has 2 saturated heterocycles. The SMILES string of the molecule is O=C(NC1CCN(c2ccccc2C(=O)N2CCOCC2)CC1)c1ccco1. The molecule has 0 radical (unpaired) electrons. The molecule has 4 rings (SSSR count). The minimum Gasteiger partial charge on any atom is -0.459 e. The van der Waals surface area contributed by atoms with Crippen LogP contribution in [0.3, 0.4) is 0 Å². The number of hydrogen-bond donors (Lipinski definition) is 1. The molecule has 0 bridgehead atoms. The molecule has 0 saturated carbocycles. The van der Waals surface area contributed by atoms with E-state index in [0.29, 0.717) is 32.1 Å². The van der Waals surface area contributed by atoms with Gasteiger partial charge in [-0.15, -0.1) is 0 Å². The molecule has 7 nitrogen and oxygen atoms in total. The second-order valence-corrected chi connectivity index (χ2v) is 7.13. The smallest absolute Gasteiger partial charge is 0.287 e. The highest BCUT2D eigenvalue weighted by atomic mass is 16.5. The van der Waals surface area contributed by atoms with Crippen LogP contribution in [0, 0.1) is 0 Å². The molecule has 2 aromatic rings. The zero-order valence-corrected chi connectivity index (χ0v) is 15.8. The first-order chi connectivity index (χ1) is 13.7. The van der Waals surface area contributed by atoms with Gasteiger partial charge in [-0.1, -0.05) is 12.1 Å². The Labute approximate surface area is 164 Å². The number of anilines is 1. The van der Waals surface area contributed by atoms with E-state index in [4.69, 9.17) is 9.15 Å². The van der Waals surface area contributed by atoms with Gasteiger partial charge in [0.25, 0.3) is 11.8 Å². The van der Waals surface area contributed by atoms with E-state index >= 15 is 0 Å². The number of carbonyl (C=O) groups excluding carboxylic acids is 2. The van der Waals surface area contributed by atoms with Crippen LogP contribution in [-0.4, -0.2) is 62.1 Å². The number of ether oxygens (including phenoxy) is 1.